The third-order valence-electron chi connectivity index (χ3n) is 3.50. The molecule has 1 aliphatic rings. The molecule has 0 radical (unpaired) electrons. The number of nitrogens with zero attached hydrogens (tertiary/aromatic N) is 1. The van der Waals surface area contributed by atoms with Crippen LogP contribution in [0.15, 0.2) is 18.3 Å². The van der Waals surface area contributed by atoms with E-state index in [1.165, 1.54) is 0 Å². The number of rotatable bonds is 2. The van der Waals surface area contributed by atoms with Crippen molar-refractivity contribution in [2.75, 3.05) is 5.32 Å². The van der Waals surface area contributed by atoms with Gasteiger partial charge in [-0.2, -0.15) is 13.2 Å². The highest BCUT2D eigenvalue weighted by atomic mass is 19.4. The summed E-state index contributed by atoms with van der Waals surface area (Å²) in [5, 5.41) is 12.8. The first-order valence-electron chi connectivity index (χ1n) is 6.28. The largest absolute Gasteiger partial charge is 0.416 e. The summed E-state index contributed by atoms with van der Waals surface area (Å²) in [5.41, 5.74) is -1.35. The van der Waals surface area contributed by atoms with Crippen LogP contribution >= 0.6 is 0 Å². The van der Waals surface area contributed by atoms with E-state index in [1.54, 1.807) is 6.92 Å². The van der Waals surface area contributed by atoms with Crippen molar-refractivity contribution in [1.29, 1.82) is 0 Å². The van der Waals surface area contributed by atoms with Gasteiger partial charge in [0.15, 0.2) is 0 Å². The Kier molecular flexibility index (Phi) is 3.71. The molecule has 0 aliphatic heterocycles. The fourth-order valence-electron chi connectivity index (χ4n) is 2.28. The first-order chi connectivity index (χ1) is 8.76. The lowest BCUT2D eigenvalue weighted by atomic mass is 9.84. The molecule has 2 N–H and O–H groups in total. The number of halogens is 3. The second kappa shape index (κ2) is 5.00. The number of hydrogen-bond acceptors (Lipinski definition) is 3. The van der Waals surface area contributed by atoms with E-state index in [4.69, 9.17) is 0 Å². The molecule has 0 saturated heterocycles. The molecule has 1 saturated carbocycles. The molecule has 0 bridgehead atoms. The van der Waals surface area contributed by atoms with Crippen molar-refractivity contribution in [3.05, 3.63) is 23.9 Å². The lowest BCUT2D eigenvalue weighted by Gasteiger charge is -2.33. The Hall–Kier alpha value is -1.30. The van der Waals surface area contributed by atoms with Crippen LogP contribution in [0, 0.1) is 0 Å². The normalized spacial score (nSPS) is 28.2. The first kappa shape index (κ1) is 14.1. The van der Waals surface area contributed by atoms with Crippen molar-refractivity contribution in [3.63, 3.8) is 0 Å². The molecule has 0 aromatic carbocycles. The standard InChI is InChI=1S/C13H17F3N2O/c1-12(19)5-2-10(3-6-12)18-11-8-9(4-7-17-11)13(14,15)16/h4,7-8,10,19H,2-3,5-6H2,1H3,(H,17,18). The zero-order valence-electron chi connectivity index (χ0n) is 10.7. The Morgan fingerprint density at radius 3 is 2.58 bits per heavy atom. The van der Waals surface area contributed by atoms with E-state index in [0.29, 0.717) is 12.8 Å². The summed E-state index contributed by atoms with van der Waals surface area (Å²) < 4.78 is 37.7. The second-order valence-electron chi connectivity index (χ2n) is 5.34. The SMILES string of the molecule is CC1(O)CCC(Nc2cc(C(F)(F)F)ccn2)CC1. The van der Waals surface area contributed by atoms with Gasteiger partial charge in [-0.3, -0.25) is 0 Å². The number of pyridine rings is 1. The van der Waals surface area contributed by atoms with Gasteiger partial charge in [-0.05, 0) is 44.7 Å². The van der Waals surface area contributed by atoms with Gasteiger partial charge in [0, 0.05) is 12.2 Å². The van der Waals surface area contributed by atoms with Crippen LogP contribution in [0.1, 0.15) is 38.2 Å². The highest BCUT2D eigenvalue weighted by Gasteiger charge is 2.32. The number of anilines is 1. The molecule has 0 unspecified atom stereocenters. The van der Waals surface area contributed by atoms with Crippen molar-refractivity contribution in [1.82, 2.24) is 4.98 Å². The zero-order chi connectivity index (χ0) is 14.1. The van der Waals surface area contributed by atoms with Crippen LogP contribution in [0.4, 0.5) is 19.0 Å². The van der Waals surface area contributed by atoms with Gasteiger partial charge in [-0.25, -0.2) is 4.98 Å². The first-order valence-corrected chi connectivity index (χ1v) is 6.28. The molecular weight excluding hydrogens is 257 g/mol. The van der Waals surface area contributed by atoms with Crippen molar-refractivity contribution < 1.29 is 18.3 Å². The van der Waals surface area contributed by atoms with E-state index in [-0.39, 0.29) is 11.9 Å². The predicted octanol–water partition coefficient (Wildman–Crippen LogP) is 3.21. The van der Waals surface area contributed by atoms with Gasteiger partial charge in [-0.15, -0.1) is 0 Å². The highest BCUT2D eigenvalue weighted by molar-refractivity contribution is 5.39. The minimum Gasteiger partial charge on any atom is -0.390 e. The predicted molar refractivity (Wildman–Crippen MR) is 65.7 cm³/mol. The number of hydrogen-bond donors (Lipinski definition) is 2. The summed E-state index contributed by atoms with van der Waals surface area (Å²) >= 11 is 0. The Bertz CT molecular complexity index is 436. The summed E-state index contributed by atoms with van der Waals surface area (Å²) in [5.74, 6) is 0.237. The Labute approximate surface area is 109 Å². The zero-order valence-corrected chi connectivity index (χ0v) is 10.7. The van der Waals surface area contributed by atoms with Gasteiger partial charge in [0.05, 0.1) is 11.2 Å². The second-order valence-corrected chi connectivity index (χ2v) is 5.34. The maximum atomic E-state index is 12.6. The van der Waals surface area contributed by atoms with E-state index in [9.17, 15) is 18.3 Å². The highest BCUT2D eigenvalue weighted by Crippen LogP contribution is 2.32. The Morgan fingerprint density at radius 2 is 2.00 bits per heavy atom. The van der Waals surface area contributed by atoms with Gasteiger partial charge < -0.3 is 10.4 Å². The molecule has 106 valence electrons. The Balaban J connectivity index is 2.00. The van der Waals surface area contributed by atoms with E-state index in [2.05, 4.69) is 10.3 Å². The smallest absolute Gasteiger partial charge is 0.390 e. The maximum Gasteiger partial charge on any atom is 0.416 e. The van der Waals surface area contributed by atoms with E-state index < -0.39 is 17.3 Å². The van der Waals surface area contributed by atoms with Crippen molar-refractivity contribution in [3.8, 4) is 0 Å². The van der Waals surface area contributed by atoms with Gasteiger partial charge in [0.2, 0.25) is 0 Å². The molecule has 0 spiro atoms. The van der Waals surface area contributed by atoms with Gasteiger partial charge in [-0.1, -0.05) is 0 Å². The van der Waals surface area contributed by atoms with Crippen molar-refractivity contribution in [2.45, 2.75) is 50.4 Å². The lowest BCUT2D eigenvalue weighted by Crippen LogP contribution is -2.35. The van der Waals surface area contributed by atoms with Crippen LogP contribution < -0.4 is 5.32 Å². The number of nitrogens with one attached hydrogen (secondary N) is 1. The van der Waals surface area contributed by atoms with Crippen LogP contribution in [0.25, 0.3) is 0 Å². The Morgan fingerprint density at radius 1 is 1.37 bits per heavy atom. The number of aliphatic hydroxyl groups is 1. The third-order valence-corrected chi connectivity index (χ3v) is 3.50. The molecule has 2 rings (SSSR count). The third kappa shape index (κ3) is 3.83. The molecule has 3 nitrogen and oxygen atoms in total. The number of aromatic nitrogens is 1. The molecule has 6 heteroatoms. The topological polar surface area (TPSA) is 45.1 Å². The quantitative estimate of drug-likeness (QED) is 0.870. The van der Waals surface area contributed by atoms with E-state index >= 15 is 0 Å². The molecule has 1 heterocycles. The molecule has 19 heavy (non-hydrogen) atoms. The molecule has 0 amide bonds. The number of alkyl halides is 3. The average Bonchev–Trinajstić information content (AvgIpc) is 2.31. The monoisotopic (exact) mass is 274 g/mol. The van der Waals surface area contributed by atoms with Crippen molar-refractivity contribution >= 4 is 5.82 Å². The van der Waals surface area contributed by atoms with Crippen LogP contribution in [-0.4, -0.2) is 21.7 Å². The van der Waals surface area contributed by atoms with Gasteiger partial charge >= 0.3 is 6.18 Å². The van der Waals surface area contributed by atoms with Crippen LogP contribution in [0.3, 0.4) is 0 Å². The maximum absolute atomic E-state index is 12.6. The molecular formula is C13H17F3N2O. The minimum absolute atomic E-state index is 0.0659. The fraction of sp³-hybridized carbons (Fsp3) is 0.615. The van der Waals surface area contributed by atoms with Gasteiger partial charge in [0.25, 0.3) is 0 Å². The minimum atomic E-state index is -4.35. The van der Waals surface area contributed by atoms with Gasteiger partial charge in [0.1, 0.15) is 5.82 Å². The van der Waals surface area contributed by atoms with E-state index in [0.717, 1.165) is 31.2 Å². The van der Waals surface area contributed by atoms with Crippen LogP contribution in [-0.2, 0) is 6.18 Å². The molecule has 1 aromatic heterocycles. The molecule has 0 atom stereocenters. The lowest BCUT2D eigenvalue weighted by molar-refractivity contribution is -0.137. The molecule has 1 fully saturated rings. The summed E-state index contributed by atoms with van der Waals surface area (Å²) in [7, 11) is 0. The molecule has 1 aromatic rings. The fourth-order valence-corrected chi connectivity index (χ4v) is 2.28. The van der Waals surface area contributed by atoms with Crippen molar-refractivity contribution in [2.24, 2.45) is 0 Å². The summed E-state index contributed by atoms with van der Waals surface area (Å²) in [4.78, 5) is 3.91. The summed E-state index contributed by atoms with van der Waals surface area (Å²) in [6.45, 7) is 1.78. The summed E-state index contributed by atoms with van der Waals surface area (Å²) in [6, 6.07) is 2.04. The van der Waals surface area contributed by atoms with E-state index in [1.807, 2.05) is 0 Å². The van der Waals surface area contributed by atoms with Crippen LogP contribution in [0.2, 0.25) is 0 Å². The van der Waals surface area contributed by atoms with Crippen LogP contribution in [0.5, 0.6) is 0 Å². The summed E-state index contributed by atoms with van der Waals surface area (Å²) in [6.07, 6.45) is -0.455. The molecule has 1 aliphatic carbocycles. The average molecular weight is 274 g/mol.